The van der Waals surface area contributed by atoms with Crippen LogP contribution in [0.4, 0.5) is 0 Å². The summed E-state index contributed by atoms with van der Waals surface area (Å²) in [6.07, 6.45) is 2.54. The molecule has 0 radical (unpaired) electrons. The molecule has 0 atom stereocenters. The number of hydrogen-bond donors (Lipinski definition) is 1. The van der Waals surface area contributed by atoms with E-state index in [1.807, 2.05) is 13.8 Å². The number of rotatable bonds is 6. The summed E-state index contributed by atoms with van der Waals surface area (Å²) in [5.41, 5.74) is 7.34. The highest BCUT2D eigenvalue weighted by molar-refractivity contribution is 6.31. The number of methoxy groups -OCH3 is 1. The van der Waals surface area contributed by atoms with Crippen molar-refractivity contribution in [3.05, 3.63) is 22.4 Å². The van der Waals surface area contributed by atoms with Crippen molar-refractivity contribution >= 4 is 17.5 Å². The third-order valence-electron chi connectivity index (χ3n) is 2.20. The number of ether oxygens (including phenoxy) is 2. The molecule has 5 heteroatoms. The minimum absolute atomic E-state index is 0.379. The zero-order chi connectivity index (χ0) is 13.3. The highest BCUT2D eigenvalue weighted by atomic mass is 35.5. The summed E-state index contributed by atoms with van der Waals surface area (Å²) in [4.78, 5) is 3.96. The van der Waals surface area contributed by atoms with Gasteiger partial charge < -0.3 is 15.2 Å². The van der Waals surface area contributed by atoms with E-state index in [1.165, 1.54) is 0 Å². The van der Waals surface area contributed by atoms with E-state index < -0.39 is 0 Å². The van der Waals surface area contributed by atoms with Gasteiger partial charge in [0, 0.05) is 19.2 Å². The van der Waals surface area contributed by atoms with Crippen molar-refractivity contribution in [3.63, 3.8) is 0 Å². The molecule has 0 aliphatic rings. The van der Waals surface area contributed by atoms with Crippen molar-refractivity contribution in [1.82, 2.24) is 0 Å². The van der Waals surface area contributed by atoms with E-state index in [0.717, 1.165) is 12.0 Å². The average Bonchev–Trinajstić information content (AvgIpc) is 2.33. The van der Waals surface area contributed by atoms with Crippen LogP contribution < -0.4 is 5.73 Å². The lowest BCUT2D eigenvalue weighted by atomic mass is 10.2. The average molecular weight is 261 g/mol. The van der Waals surface area contributed by atoms with E-state index in [9.17, 15) is 0 Å². The maximum absolute atomic E-state index is 6.08. The number of nitrogens with zero attached hydrogens (tertiary/aromatic N) is 1. The van der Waals surface area contributed by atoms with Crippen LogP contribution in [0, 0.1) is 0 Å². The monoisotopic (exact) mass is 260 g/mol. The molecule has 0 fully saturated rings. The van der Waals surface area contributed by atoms with Gasteiger partial charge in [-0.05, 0) is 19.4 Å². The predicted octanol–water partition coefficient (Wildman–Crippen LogP) is 2.44. The van der Waals surface area contributed by atoms with Crippen molar-refractivity contribution in [2.45, 2.75) is 20.3 Å². The van der Waals surface area contributed by atoms with Crippen LogP contribution in [0.1, 0.15) is 20.3 Å². The Bertz CT molecular complexity index is 322. The zero-order valence-corrected chi connectivity index (χ0v) is 11.7. The van der Waals surface area contributed by atoms with Gasteiger partial charge in [-0.1, -0.05) is 24.1 Å². The van der Waals surface area contributed by atoms with E-state index in [2.05, 4.69) is 4.99 Å². The van der Waals surface area contributed by atoms with Gasteiger partial charge in [-0.2, -0.15) is 0 Å². The molecule has 0 saturated carbocycles. The second-order valence-corrected chi connectivity index (χ2v) is 3.86. The standard InChI is InChI=1S/C12H21ClN2O2/c1-5-9(2)10(13)8-11(14)12(15-3)17-7-6-16-4/h8H,5-7,14H2,1-4H3/b10-9-,11-8+,15-12+. The molecular weight excluding hydrogens is 240 g/mol. The topological polar surface area (TPSA) is 56.8 Å². The fourth-order valence-electron chi connectivity index (χ4n) is 0.989. The molecule has 0 aromatic carbocycles. The molecule has 0 aromatic rings. The third-order valence-corrected chi connectivity index (χ3v) is 2.63. The Kier molecular flexibility index (Phi) is 8.54. The first-order chi connectivity index (χ1) is 8.06. The van der Waals surface area contributed by atoms with E-state index in [0.29, 0.717) is 29.8 Å². The molecular formula is C12H21ClN2O2. The van der Waals surface area contributed by atoms with Gasteiger partial charge in [0.2, 0.25) is 5.90 Å². The largest absolute Gasteiger partial charge is 0.474 e. The quantitative estimate of drug-likeness (QED) is 0.345. The van der Waals surface area contributed by atoms with Crippen LogP contribution in [0.25, 0.3) is 0 Å². The first kappa shape index (κ1) is 16.0. The van der Waals surface area contributed by atoms with Gasteiger partial charge in [-0.3, -0.25) is 4.99 Å². The van der Waals surface area contributed by atoms with Crippen molar-refractivity contribution in [1.29, 1.82) is 0 Å². The fourth-order valence-corrected chi connectivity index (χ4v) is 1.24. The van der Waals surface area contributed by atoms with E-state index >= 15 is 0 Å². The number of aliphatic imine (C=N–C) groups is 1. The van der Waals surface area contributed by atoms with Crippen molar-refractivity contribution < 1.29 is 9.47 Å². The third kappa shape index (κ3) is 6.34. The summed E-state index contributed by atoms with van der Waals surface area (Å²) >= 11 is 6.08. The van der Waals surface area contributed by atoms with Crippen LogP contribution in [0.5, 0.6) is 0 Å². The zero-order valence-electron chi connectivity index (χ0n) is 10.9. The lowest BCUT2D eigenvalue weighted by Crippen LogP contribution is -2.17. The summed E-state index contributed by atoms with van der Waals surface area (Å²) < 4.78 is 10.2. The van der Waals surface area contributed by atoms with E-state index in [4.69, 9.17) is 26.8 Å². The van der Waals surface area contributed by atoms with Crippen LogP contribution in [0.2, 0.25) is 0 Å². The van der Waals surface area contributed by atoms with Gasteiger partial charge in [0.1, 0.15) is 6.61 Å². The maximum Gasteiger partial charge on any atom is 0.232 e. The molecule has 2 N–H and O–H groups in total. The molecule has 0 bridgehead atoms. The summed E-state index contributed by atoms with van der Waals surface area (Å²) in [5, 5.41) is 0.626. The summed E-state index contributed by atoms with van der Waals surface area (Å²) in [7, 11) is 3.22. The molecule has 0 unspecified atom stereocenters. The smallest absolute Gasteiger partial charge is 0.232 e. The Balaban J connectivity index is 4.65. The molecule has 0 aliphatic heterocycles. The van der Waals surface area contributed by atoms with Gasteiger partial charge >= 0.3 is 0 Å². The van der Waals surface area contributed by atoms with Gasteiger partial charge in [0.25, 0.3) is 0 Å². The second-order valence-electron chi connectivity index (χ2n) is 3.45. The second kappa shape index (κ2) is 9.07. The lowest BCUT2D eigenvalue weighted by molar-refractivity contribution is 0.141. The first-order valence-corrected chi connectivity index (χ1v) is 5.85. The summed E-state index contributed by atoms with van der Waals surface area (Å²) in [5.74, 6) is 0.379. The first-order valence-electron chi connectivity index (χ1n) is 5.48. The van der Waals surface area contributed by atoms with Gasteiger partial charge in [0.15, 0.2) is 0 Å². The molecule has 0 aliphatic carbocycles. The number of nitrogens with two attached hydrogens (primary N) is 1. The lowest BCUT2D eigenvalue weighted by Gasteiger charge is -2.08. The van der Waals surface area contributed by atoms with E-state index in [1.54, 1.807) is 20.2 Å². The highest BCUT2D eigenvalue weighted by Crippen LogP contribution is 2.15. The number of hydrogen-bond acceptors (Lipinski definition) is 4. The Morgan fingerprint density at radius 2 is 2.06 bits per heavy atom. The van der Waals surface area contributed by atoms with Gasteiger partial charge in [-0.15, -0.1) is 0 Å². The highest BCUT2D eigenvalue weighted by Gasteiger charge is 2.05. The normalized spacial score (nSPS) is 14.6. The van der Waals surface area contributed by atoms with Gasteiger partial charge in [-0.25, -0.2) is 0 Å². The van der Waals surface area contributed by atoms with Crippen LogP contribution >= 0.6 is 11.6 Å². The SMILES string of the molecule is CC/C(C)=C(Cl)/C=C(N)\C(=N/C)OCCOC. The molecule has 4 nitrogen and oxygen atoms in total. The van der Waals surface area contributed by atoms with Crippen molar-refractivity contribution in [3.8, 4) is 0 Å². The van der Waals surface area contributed by atoms with Crippen LogP contribution in [-0.4, -0.2) is 33.3 Å². The predicted molar refractivity (Wildman–Crippen MR) is 72.3 cm³/mol. The van der Waals surface area contributed by atoms with Crippen LogP contribution in [0.15, 0.2) is 27.4 Å². The van der Waals surface area contributed by atoms with Gasteiger partial charge in [0.05, 0.1) is 12.3 Å². The summed E-state index contributed by atoms with van der Waals surface area (Å²) in [6.45, 7) is 4.89. The van der Waals surface area contributed by atoms with E-state index in [-0.39, 0.29) is 0 Å². The summed E-state index contributed by atoms with van der Waals surface area (Å²) in [6, 6.07) is 0. The molecule has 0 rings (SSSR count). The Hall–Kier alpha value is -1.00. The molecule has 0 amide bonds. The minimum Gasteiger partial charge on any atom is -0.474 e. The molecule has 0 heterocycles. The molecule has 17 heavy (non-hydrogen) atoms. The van der Waals surface area contributed by atoms with Crippen LogP contribution in [0.3, 0.4) is 0 Å². The Labute approximate surface area is 108 Å². The fraction of sp³-hybridized carbons (Fsp3) is 0.583. The molecule has 0 saturated heterocycles. The van der Waals surface area contributed by atoms with Crippen LogP contribution in [-0.2, 0) is 9.47 Å². The Morgan fingerprint density at radius 1 is 1.41 bits per heavy atom. The minimum atomic E-state index is 0.379. The Morgan fingerprint density at radius 3 is 2.53 bits per heavy atom. The maximum atomic E-state index is 6.08. The molecule has 0 aromatic heterocycles. The van der Waals surface area contributed by atoms with Crippen molar-refractivity contribution in [2.75, 3.05) is 27.4 Å². The number of halogens is 1. The van der Waals surface area contributed by atoms with Crippen molar-refractivity contribution in [2.24, 2.45) is 10.7 Å². The number of allylic oxidation sites excluding steroid dienone is 3. The molecule has 98 valence electrons. The molecule has 0 spiro atoms.